The van der Waals surface area contributed by atoms with E-state index in [2.05, 4.69) is 20.5 Å². The quantitative estimate of drug-likeness (QED) is 0.377. The Balaban J connectivity index is 0.00000242. The number of carbonyl (C=O) groups is 1. The van der Waals surface area contributed by atoms with Gasteiger partial charge in [0, 0.05) is 70.8 Å². The summed E-state index contributed by atoms with van der Waals surface area (Å²) in [5.74, 6) is 3.57. The number of likely N-dealkylation sites (tertiary alicyclic amines) is 1. The number of amides is 1. The van der Waals surface area contributed by atoms with Crippen LogP contribution in [-0.2, 0) is 4.79 Å². The number of carbonyl (C=O) groups excluding carboxylic acids is 1. The molecule has 0 aromatic rings. The summed E-state index contributed by atoms with van der Waals surface area (Å²) >= 11 is 2.04. The van der Waals surface area contributed by atoms with Crippen molar-refractivity contribution in [2.45, 2.75) is 18.9 Å². The van der Waals surface area contributed by atoms with E-state index in [0.717, 1.165) is 32.0 Å². The van der Waals surface area contributed by atoms with Crippen LogP contribution in [0.5, 0.6) is 0 Å². The Morgan fingerprint density at radius 1 is 1.41 bits per heavy atom. The lowest BCUT2D eigenvalue weighted by atomic mass is 10.1. The highest BCUT2D eigenvalue weighted by Gasteiger charge is 2.23. The second-order valence-electron chi connectivity index (χ2n) is 5.61. The Kier molecular flexibility index (Phi) is 9.49. The van der Waals surface area contributed by atoms with Gasteiger partial charge in [0.1, 0.15) is 0 Å². The molecule has 2 fully saturated rings. The minimum atomic E-state index is 0. The topological polar surface area (TPSA) is 60.0 Å². The summed E-state index contributed by atoms with van der Waals surface area (Å²) in [7, 11) is 3.66. The standard InChI is InChI=1S/C14H27N5OS.HI/c1-15-14(16-5-6-19-7-9-21-10-8-19)17-12-3-4-13(20)18(2)11-12;/h12H,3-11H2,1-2H3,(H2,15,16,17);1H. The van der Waals surface area contributed by atoms with Gasteiger partial charge in [0.05, 0.1) is 0 Å². The van der Waals surface area contributed by atoms with E-state index in [0.29, 0.717) is 12.5 Å². The summed E-state index contributed by atoms with van der Waals surface area (Å²) < 4.78 is 0. The van der Waals surface area contributed by atoms with E-state index in [1.54, 1.807) is 11.9 Å². The molecule has 2 N–H and O–H groups in total. The molecule has 2 rings (SSSR count). The maximum atomic E-state index is 11.5. The third-order valence-electron chi connectivity index (χ3n) is 4.02. The number of rotatable bonds is 4. The number of nitrogens with one attached hydrogen (secondary N) is 2. The number of hydrogen-bond donors (Lipinski definition) is 2. The predicted octanol–water partition coefficient (Wildman–Crippen LogP) is 0.439. The maximum Gasteiger partial charge on any atom is 0.222 e. The van der Waals surface area contributed by atoms with Crippen LogP contribution in [0.2, 0.25) is 0 Å². The van der Waals surface area contributed by atoms with Gasteiger partial charge in [0.15, 0.2) is 5.96 Å². The molecule has 128 valence electrons. The molecule has 1 unspecified atom stereocenters. The molecule has 1 atom stereocenters. The second-order valence-corrected chi connectivity index (χ2v) is 6.83. The molecule has 8 heteroatoms. The van der Waals surface area contributed by atoms with Gasteiger partial charge in [-0.15, -0.1) is 24.0 Å². The van der Waals surface area contributed by atoms with Crippen molar-refractivity contribution in [2.24, 2.45) is 4.99 Å². The Morgan fingerprint density at radius 3 is 2.77 bits per heavy atom. The molecule has 2 aliphatic heterocycles. The first-order valence-electron chi connectivity index (χ1n) is 7.70. The Labute approximate surface area is 154 Å². The van der Waals surface area contributed by atoms with E-state index in [4.69, 9.17) is 0 Å². The summed E-state index contributed by atoms with van der Waals surface area (Å²) in [5, 5.41) is 6.79. The highest BCUT2D eigenvalue weighted by molar-refractivity contribution is 14.0. The van der Waals surface area contributed by atoms with Crippen molar-refractivity contribution < 1.29 is 4.79 Å². The van der Waals surface area contributed by atoms with E-state index < -0.39 is 0 Å². The van der Waals surface area contributed by atoms with Gasteiger partial charge in [-0.3, -0.25) is 14.7 Å². The number of halogens is 1. The van der Waals surface area contributed by atoms with Crippen molar-refractivity contribution in [1.82, 2.24) is 20.4 Å². The van der Waals surface area contributed by atoms with Crippen LogP contribution in [0.3, 0.4) is 0 Å². The first-order valence-corrected chi connectivity index (χ1v) is 8.86. The number of nitrogens with zero attached hydrogens (tertiary/aromatic N) is 3. The molecular formula is C14H28IN5OS. The first kappa shape index (κ1) is 19.8. The molecule has 0 bridgehead atoms. The van der Waals surface area contributed by atoms with Crippen LogP contribution in [-0.4, -0.2) is 86.0 Å². The Bertz CT molecular complexity index is 376. The lowest BCUT2D eigenvalue weighted by Gasteiger charge is -2.31. The van der Waals surface area contributed by atoms with Crippen LogP contribution in [0.25, 0.3) is 0 Å². The van der Waals surface area contributed by atoms with Crippen LogP contribution < -0.4 is 10.6 Å². The molecule has 0 spiro atoms. The van der Waals surface area contributed by atoms with Crippen LogP contribution in [0.15, 0.2) is 4.99 Å². The number of guanidine groups is 1. The molecule has 0 aliphatic carbocycles. The van der Waals surface area contributed by atoms with Crippen LogP contribution in [0, 0.1) is 0 Å². The molecule has 0 aromatic heterocycles. The van der Waals surface area contributed by atoms with Crippen molar-refractivity contribution in [3.05, 3.63) is 0 Å². The summed E-state index contributed by atoms with van der Waals surface area (Å²) in [6.45, 7) is 5.10. The van der Waals surface area contributed by atoms with Gasteiger partial charge in [-0.2, -0.15) is 11.8 Å². The lowest BCUT2D eigenvalue weighted by molar-refractivity contribution is -0.132. The van der Waals surface area contributed by atoms with Gasteiger partial charge in [-0.05, 0) is 6.42 Å². The van der Waals surface area contributed by atoms with Crippen LogP contribution in [0.4, 0.5) is 0 Å². The fourth-order valence-corrected chi connectivity index (χ4v) is 3.65. The Hall–Kier alpha value is -0.220. The van der Waals surface area contributed by atoms with Crippen molar-refractivity contribution in [2.75, 3.05) is 58.3 Å². The number of thioether (sulfide) groups is 1. The van der Waals surface area contributed by atoms with E-state index in [1.165, 1.54) is 24.6 Å². The number of hydrogen-bond acceptors (Lipinski definition) is 4. The van der Waals surface area contributed by atoms with Crippen molar-refractivity contribution in [1.29, 1.82) is 0 Å². The molecule has 6 nitrogen and oxygen atoms in total. The normalized spacial score (nSPS) is 23.9. The van der Waals surface area contributed by atoms with E-state index >= 15 is 0 Å². The van der Waals surface area contributed by atoms with E-state index in [9.17, 15) is 4.79 Å². The number of aliphatic imine (C=N–C) groups is 1. The molecular weight excluding hydrogens is 413 g/mol. The molecule has 0 saturated carbocycles. The third-order valence-corrected chi connectivity index (χ3v) is 4.96. The zero-order valence-electron chi connectivity index (χ0n) is 13.5. The molecule has 2 saturated heterocycles. The highest BCUT2D eigenvalue weighted by atomic mass is 127. The molecule has 2 heterocycles. The second kappa shape index (κ2) is 10.5. The van der Waals surface area contributed by atoms with Gasteiger partial charge in [-0.25, -0.2) is 0 Å². The molecule has 0 radical (unpaired) electrons. The summed E-state index contributed by atoms with van der Waals surface area (Å²) in [4.78, 5) is 20.0. The van der Waals surface area contributed by atoms with E-state index in [-0.39, 0.29) is 29.9 Å². The van der Waals surface area contributed by atoms with Crippen molar-refractivity contribution >= 4 is 47.6 Å². The summed E-state index contributed by atoms with van der Waals surface area (Å²) in [6, 6.07) is 0.297. The smallest absolute Gasteiger partial charge is 0.222 e. The summed E-state index contributed by atoms with van der Waals surface area (Å²) in [5.41, 5.74) is 0. The zero-order chi connectivity index (χ0) is 15.1. The Morgan fingerprint density at radius 2 is 2.14 bits per heavy atom. The molecule has 1 amide bonds. The summed E-state index contributed by atoms with van der Waals surface area (Å²) in [6.07, 6.45) is 1.50. The third kappa shape index (κ3) is 6.49. The molecule has 0 aromatic carbocycles. The largest absolute Gasteiger partial charge is 0.355 e. The predicted molar refractivity (Wildman–Crippen MR) is 104 cm³/mol. The lowest BCUT2D eigenvalue weighted by Crippen LogP contribution is -2.52. The van der Waals surface area contributed by atoms with Crippen LogP contribution >= 0.6 is 35.7 Å². The van der Waals surface area contributed by atoms with Gasteiger partial charge < -0.3 is 15.5 Å². The zero-order valence-corrected chi connectivity index (χ0v) is 16.7. The van der Waals surface area contributed by atoms with Crippen molar-refractivity contribution in [3.63, 3.8) is 0 Å². The van der Waals surface area contributed by atoms with Crippen molar-refractivity contribution in [3.8, 4) is 0 Å². The highest BCUT2D eigenvalue weighted by Crippen LogP contribution is 2.09. The average molecular weight is 441 g/mol. The average Bonchev–Trinajstić information content (AvgIpc) is 2.51. The molecule has 22 heavy (non-hydrogen) atoms. The monoisotopic (exact) mass is 441 g/mol. The van der Waals surface area contributed by atoms with Gasteiger partial charge >= 0.3 is 0 Å². The fraction of sp³-hybridized carbons (Fsp3) is 0.857. The van der Waals surface area contributed by atoms with Gasteiger partial charge in [0.2, 0.25) is 5.91 Å². The fourth-order valence-electron chi connectivity index (χ4n) is 2.68. The van der Waals surface area contributed by atoms with Gasteiger partial charge in [0.25, 0.3) is 0 Å². The minimum Gasteiger partial charge on any atom is -0.355 e. The first-order chi connectivity index (χ1) is 10.2. The van der Waals surface area contributed by atoms with Crippen LogP contribution in [0.1, 0.15) is 12.8 Å². The van der Waals surface area contributed by atoms with E-state index in [1.807, 2.05) is 18.8 Å². The minimum absolute atomic E-state index is 0. The maximum absolute atomic E-state index is 11.5. The van der Waals surface area contributed by atoms with Gasteiger partial charge in [-0.1, -0.05) is 0 Å². The number of piperidine rings is 1. The SMILES string of the molecule is CN=C(NCCN1CCSCC1)NC1CCC(=O)N(C)C1.I. The molecule has 2 aliphatic rings. The number of likely N-dealkylation sites (N-methyl/N-ethyl adjacent to an activating group) is 1.